The number of hydrogen-bond donors (Lipinski definition) is 2. The molecule has 0 saturated carbocycles. The van der Waals surface area contributed by atoms with Crippen LogP contribution in [0.15, 0.2) is 53.4 Å². The van der Waals surface area contributed by atoms with Gasteiger partial charge in [-0.15, -0.1) is 0 Å². The average Bonchev–Trinajstić information content (AvgIpc) is 3.24. The molecule has 1 aliphatic rings. The predicted molar refractivity (Wildman–Crippen MR) is 130 cm³/mol. The van der Waals surface area contributed by atoms with Crippen LogP contribution in [0, 0.1) is 0 Å². The van der Waals surface area contributed by atoms with Crippen molar-refractivity contribution in [2.75, 3.05) is 43.5 Å². The van der Waals surface area contributed by atoms with Crippen molar-refractivity contribution in [3.05, 3.63) is 58.4 Å². The minimum Gasteiger partial charge on any atom is -0.494 e. The number of anilines is 3. The standard InChI is InChI=1S/C22H21BrClN7O/c1-32-19-11-15(30-8-5-25-6-9-30)2-3-17(19)28-22-27-12-16(24)21(29-22)18-13-26-20-10-14(23)4-7-31(18)20/h2-4,7,10-13,25H,5-6,8-9H2,1H3,(H,27,28,29). The quantitative estimate of drug-likeness (QED) is 0.409. The van der Waals surface area contributed by atoms with Crippen molar-refractivity contribution < 1.29 is 4.74 Å². The van der Waals surface area contributed by atoms with Crippen molar-refractivity contribution in [3.8, 4) is 17.1 Å². The summed E-state index contributed by atoms with van der Waals surface area (Å²) in [5, 5.41) is 7.08. The van der Waals surface area contributed by atoms with Gasteiger partial charge in [0.05, 0.1) is 35.9 Å². The Bertz CT molecular complexity index is 1270. The molecule has 164 valence electrons. The first-order valence-electron chi connectivity index (χ1n) is 10.2. The molecule has 32 heavy (non-hydrogen) atoms. The largest absolute Gasteiger partial charge is 0.494 e. The monoisotopic (exact) mass is 513 g/mol. The van der Waals surface area contributed by atoms with Crippen LogP contribution < -0.4 is 20.3 Å². The van der Waals surface area contributed by atoms with Crippen LogP contribution in [0.2, 0.25) is 5.02 Å². The number of halogens is 2. The van der Waals surface area contributed by atoms with Crippen molar-refractivity contribution >= 4 is 50.5 Å². The van der Waals surface area contributed by atoms with Gasteiger partial charge in [0.2, 0.25) is 5.95 Å². The first-order chi connectivity index (χ1) is 15.6. The highest BCUT2D eigenvalue weighted by molar-refractivity contribution is 9.10. The predicted octanol–water partition coefficient (Wildman–Crippen LogP) is 4.37. The van der Waals surface area contributed by atoms with Gasteiger partial charge in [0.15, 0.2) is 0 Å². The van der Waals surface area contributed by atoms with E-state index in [4.69, 9.17) is 16.3 Å². The maximum Gasteiger partial charge on any atom is 0.227 e. The third-order valence-electron chi connectivity index (χ3n) is 5.38. The van der Waals surface area contributed by atoms with Crippen molar-refractivity contribution in [2.45, 2.75) is 0 Å². The number of aromatic nitrogens is 4. The van der Waals surface area contributed by atoms with Crippen LogP contribution in [0.25, 0.3) is 17.0 Å². The van der Waals surface area contributed by atoms with Crippen LogP contribution in [0.3, 0.4) is 0 Å². The first kappa shape index (κ1) is 21.0. The summed E-state index contributed by atoms with van der Waals surface area (Å²) in [5.74, 6) is 1.14. The smallest absolute Gasteiger partial charge is 0.227 e. The molecule has 5 rings (SSSR count). The Hall–Kier alpha value is -2.88. The van der Waals surface area contributed by atoms with Crippen LogP contribution in [0.4, 0.5) is 17.3 Å². The molecule has 0 radical (unpaired) electrons. The Kier molecular flexibility index (Phi) is 5.86. The van der Waals surface area contributed by atoms with E-state index in [2.05, 4.69) is 52.5 Å². The van der Waals surface area contributed by atoms with E-state index in [9.17, 15) is 0 Å². The summed E-state index contributed by atoms with van der Waals surface area (Å²) in [6.07, 6.45) is 5.26. The summed E-state index contributed by atoms with van der Waals surface area (Å²) in [7, 11) is 1.66. The molecule has 3 aromatic heterocycles. The number of nitrogens with one attached hydrogen (secondary N) is 2. The zero-order valence-corrected chi connectivity index (χ0v) is 19.7. The van der Waals surface area contributed by atoms with E-state index in [1.165, 1.54) is 0 Å². The SMILES string of the molecule is COc1cc(N2CCNCC2)ccc1Nc1ncc(Cl)c(-c2cnc3cc(Br)ccn23)n1. The second kappa shape index (κ2) is 8.93. The fraction of sp³-hybridized carbons (Fsp3) is 0.227. The van der Waals surface area contributed by atoms with Crippen molar-refractivity contribution in [1.82, 2.24) is 24.7 Å². The number of ether oxygens (including phenoxy) is 1. The average molecular weight is 515 g/mol. The van der Waals surface area contributed by atoms with Gasteiger partial charge in [-0.25, -0.2) is 15.0 Å². The molecule has 1 aliphatic heterocycles. The van der Waals surface area contributed by atoms with E-state index in [0.717, 1.165) is 59.1 Å². The van der Waals surface area contributed by atoms with Crippen molar-refractivity contribution in [1.29, 1.82) is 0 Å². The lowest BCUT2D eigenvalue weighted by Gasteiger charge is -2.30. The number of nitrogens with zero attached hydrogens (tertiary/aromatic N) is 5. The van der Waals surface area contributed by atoms with Crippen molar-refractivity contribution in [3.63, 3.8) is 0 Å². The molecule has 0 atom stereocenters. The molecule has 4 aromatic rings. The minimum atomic E-state index is 0.421. The van der Waals surface area contributed by atoms with E-state index >= 15 is 0 Å². The lowest BCUT2D eigenvalue weighted by atomic mass is 10.2. The number of fused-ring (bicyclic) bond motifs is 1. The summed E-state index contributed by atoms with van der Waals surface area (Å²) < 4.78 is 8.53. The highest BCUT2D eigenvalue weighted by atomic mass is 79.9. The highest BCUT2D eigenvalue weighted by Crippen LogP contribution is 2.33. The molecule has 0 unspecified atom stereocenters. The normalized spacial score (nSPS) is 14.0. The molecule has 0 bridgehead atoms. The zero-order valence-electron chi connectivity index (χ0n) is 17.3. The van der Waals surface area contributed by atoms with Crippen LogP contribution >= 0.6 is 27.5 Å². The Balaban J connectivity index is 1.46. The lowest BCUT2D eigenvalue weighted by molar-refractivity contribution is 0.416. The number of pyridine rings is 1. The molecule has 0 amide bonds. The maximum absolute atomic E-state index is 6.45. The molecule has 8 nitrogen and oxygen atoms in total. The van der Waals surface area contributed by atoms with Gasteiger partial charge in [-0.2, -0.15) is 0 Å². The minimum absolute atomic E-state index is 0.421. The Morgan fingerprint density at radius 1 is 1.12 bits per heavy atom. The molecule has 10 heteroatoms. The van der Waals surface area contributed by atoms with Gasteiger partial charge in [-0.05, 0) is 24.3 Å². The summed E-state index contributed by atoms with van der Waals surface area (Å²) in [6, 6.07) is 9.97. The van der Waals surface area contributed by atoms with Gasteiger partial charge in [-0.1, -0.05) is 27.5 Å². The van der Waals surface area contributed by atoms with Gasteiger partial charge in [0.1, 0.15) is 17.1 Å². The van der Waals surface area contributed by atoms with Crippen LogP contribution in [0.1, 0.15) is 0 Å². The van der Waals surface area contributed by atoms with Crippen molar-refractivity contribution in [2.24, 2.45) is 0 Å². The summed E-state index contributed by atoms with van der Waals surface area (Å²) in [6.45, 7) is 3.89. The Morgan fingerprint density at radius 3 is 2.78 bits per heavy atom. The number of benzene rings is 1. The fourth-order valence-electron chi connectivity index (χ4n) is 3.76. The molecule has 2 N–H and O–H groups in total. The van der Waals surface area contributed by atoms with E-state index in [1.54, 1.807) is 19.5 Å². The topological polar surface area (TPSA) is 79.6 Å². The summed E-state index contributed by atoms with van der Waals surface area (Å²) in [5.41, 5.74) is 4.08. The maximum atomic E-state index is 6.45. The molecule has 1 fully saturated rings. The summed E-state index contributed by atoms with van der Waals surface area (Å²) >= 11 is 9.92. The van der Waals surface area contributed by atoms with E-state index < -0.39 is 0 Å². The highest BCUT2D eigenvalue weighted by Gasteiger charge is 2.16. The number of methoxy groups -OCH3 is 1. The van der Waals surface area contributed by atoms with Crippen LogP contribution in [-0.4, -0.2) is 52.6 Å². The molecule has 1 saturated heterocycles. The molecular formula is C22H21BrClN7O. The van der Waals surface area contributed by atoms with Gasteiger partial charge < -0.3 is 20.3 Å². The third-order valence-corrected chi connectivity index (χ3v) is 6.15. The second-order valence-corrected chi connectivity index (χ2v) is 8.68. The summed E-state index contributed by atoms with van der Waals surface area (Å²) in [4.78, 5) is 15.8. The van der Waals surface area contributed by atoms with Crippen LogP contribution in [0.5, 0.6) is 5.75 Å². The van der Waals surface area contributed by atoms with Gasteiger partial charge in [0, 0.05) is 48.6 Å². The Labute approximate surface area is 198 Å². The van der Waals surface area contributed by atoms with Gasteiger partial charge in [-0.3, -0.25) is 4.40 Å². The number of rotatable bonds is 5. The van der Waals surface area contributed by atoms with E-state index in [-0.39, 0.29) is 0 Å². The van der Waals surface area contributed by atoms with Crippen LogP contribution in [-0.2, 0) is 0 Å². The number of hydrogen-bond acceptors (Lipinski definition) is 7. The zero-order chi connectivity index (χ0) is 22.1. The van der Waals surface area contributed by atoms with E-state index in [0.29, 0.717) is 16.7 Å². The Morgan fingerprint density at radius 2 is 1.97 bits per heavy atom. The molecule has 1 aromatic carbocycles. The third kappa shape index (κ3) is 4.11. The molecular weight excluding hydrogens is 494 g/mol. The number of imidazole rings is 1. The molecule has 0 spiro atoms. The first-order valence-corrected chi connectivity index (χ1v) is 11.4. The van der Waals surface area contributed by atoms with Gasteiger partial charge >= 0.3 is 0 Å². The number of piperazine rings is 1. The van der Waals surface area contributed by atoms with E-state index in [1.807, 2.05) is 34.9 Å². The fourth-order valence-corrected chi connectivity index (χ4v) is 4.27. The molecule has 4 heterocycles. The lowest BCUT2D eigenvalue weighted by Crippen LogP contribution is -2.43. The molecule has 0 aliphatic carbocycles. The van der Waals surface area contributed by atoms with Gasteiger partial charge in [0.25, 0.3) is 0 Å². The second-order valence-electron chi connectivity index (χ2n) is 7.35.